The number of benzene rings is 1. The van der Waals surface area contributed by atoms with E-state index in [1.807, 2.05) is 31.2 Å². The minimum atomic E-state index is -0.190. The predicted octanol–water partition coefficient (Wildman–Crippen LogP) is 2.28. The summed E-state index contributed by atoms with van der Waals surface area (Å²) in [6, 6.07) is 11.0. The van der Waals surface area contributed by atoms with E-state index in [9.17, 15) is 4.79 Å². The van der Waals surface area contributed by atoms with E-state index in [2.05, 4.69) is 25.9 Å². The fourth-order valence-electron chi connectivity index (χ4n) is 2.24. The lowest BCUT2D eigenvalue weighted by molar-refractivity contribution is -0.115. The van der Waals surface area contributed by atoms with Crippen molar-refractivity contribution in [3.05, 3.63) is 48.8 Å². The van der Waals surface area contributed by atoms with Gasteiger partial charge in [0.15, 0.2) is 17.5 Å². The van der Waals surface area contributed by atoms with Crippen molar-refractivity contribution in [1.29, 1.82) is 0 Å². The first-order valence-electron chi connectivity index (χ1n) is 8.56. The van der Waals surface area contributed by atoms with Crippen LogP contribution in [0.15, 0.2) is 53.8 Å². The summed E-state index contributed by atoms with van der Waals surface area (Å²) < 4.78 is 11.2. The Kier molecular flexibility index (Phi) is 10.7. The number of hydrogen-bond acceptors (Lipinski definition) is 5. The van der Waals surface area contributed by atoms with E-state index in [-0.39, 0.29) is 42.5 Å². The van der Waals surface area contributed by atoms with Crippen molar-refractivity contribution >= 4 is 41.5 Å². The minimum absolute atomic E-state index is 0. The van der Waals surface area contributed by atoms with E-state index in [1.54, 1.807) is 38.7 Å². The van der Waals surface area contributed by atoms with Gasteiger partial charge in [-0.3, -0.25) is 14.8 Å². The Morgan fingerprint density at radius 2 is 1.93 bits per heavy atom. The number of nitrogens with zero attached hydrogens (tertiary/aromatic N) is 2. The fourth-order valence-corrected chi connectivity index (χ4v) is 2.24. The molecule has 0 aliphatic heterocycles. The molecule has 1 aromatic carbocycles. The van der Waals surface area contributed by atoms with E-state index in [1.165, 1.54) is 0 Å². The van der Waals surface area contributed by atoms with Crippen molar-refractivity contribution in [3.8, 4) is 11.5 Å². The van der Waals surface area contributed by atoms with E-state index < -0.39 is 0 Å². The molecule has 1 atom stereocenters. The molecular weight excluding hydrogens is 473 g/mol. The molecule has 0 radical (unpaired) electrons. The number of methoxy groups -OCH3 is 1. The summed E-state index contributed by atoms with van der Waals surface area (Å²) in [4.78, 5) is 20.0. The maximum Gasteiger partial charge on any atom is 0.243 e. The van der Waals surface area contributed by atoms with Crippen LogP contribution in [0.25, 0.3) is 0 Å². The molecule has 8 nitrogen and oxygen atoms in total. The molecule has 3 N–H and O–H groups in total. The third-order valence-electron chi connectivity index (χ3n) is 3.54. The Balaban J connectivity index is 0.00000392. The smallest absolute Gasteiger partial charge is 0.243 e. The molecule has 2 aromatic rings. The number of ether oxygens (including phenoxy) is 2. The van der Waals surface area contributed by atoms with E-state index in [0.29, 0.717) is 29.7 Å². The monoisotopic (exact) mass is 499 g/mol. The van der Waals surface area contributed by atoms with Crippen LogP contribution >= 0.6 is 24.0 Å². The molecule has 152 valence electrons. The van der Waals surface area contributed by atoms with E-state index in [4.69, 9.17) is 9.47 Å². The normalized spacial score (nSPS) is 11.6. The summed E-state index contributed by atoms with van der Waals surface area (Å²) in [7, 11) is 3.24. The van der Waals surface area contributed by atoms with Gasteiger partial charge in [0, 0.05) is 13.2 Å². The van der Waals surface area contributed by atoms with Gasteiger partial charge >= 0.3 is 0 Å². The molecule has 28 heavy (non-hydrogen) atoms. The van der Waals surface area contributed by atoms with Gasteiger partial charge in [-0.05, 0) is 31.2 Å². The van der Waals surface area contributed by atoms with Gasteiger partial charge in [0.25, 0.3) is 0 Å². The van der Waals surface area contributed by atoms with Crippen LogP contribution in [0.3, 0.4) is 0 Å². The molecule has 1 unspecified atom stereocenters. The molecule has 0 bridgehead atoms. The molecule has 0 spiro atoms. The topological polar surface area (TPSA) is 96.9 Å². The zero-order valence-corrected chi connectivity index (χ0v) is 18.5. The quantitative estimate of drug-likeness (QED) is 0.293. The molecule has 0 aliphatic rings. The molecule has 0 saturated heterocycles. The van der Waals surface area contributed by atoms with Gasteiger partial charge in [-0.2, -0.15) is 0 Å². The number of para-hydroxylation sites is 2. The van der Waals surface area contributed by atoms with Crippen molar-refractivity contribution in [3.63, 3.8) is 0 Å². The molecule has 0 saturated carbocycles. The Bertz CT molecular complexity index is 758. The number of halogens is 1. The Labute approximate surface area is 182 Å². The van der Waals surface area contributed by atoms with Gasteiger partial charge in [-0.25, -0.2) is 0 Å². The highest BCUT2D eigenvalue weighted by Gasteiger charge is 2.10. The molecule has 1 amide bonds. The van der Waals surface area contributed by atoms with Crippen LogP contribution in [0.5, 0.6) is 11.5 Å². The molecule has 2 rings (SSSR count). The van der Waals surface area contributed by atoms with Gasteiger partial charge in [0.2, 0.25) is 5.91 Å². The summed E-state index contributed by atoms with van der Waals surface area (Å²) >= 11 is 0. The number of rotatable bonds is 8. The number of anilines is 1. The average Bonchev–Trinajstić information content (AvgIpc) is 2.69. The summed E-state index contributed by atoms with van der Waals surface area (Å²) in [6.07, 6.45) is 3.10. The lowest BCUT2D eigenvalue weighted by Crippen LogP contribution is -2.44. The molecule has 0 fully saturated rings. The van der Waals surface area contributed by atoms with Gasteiger partial charge in [-0.1, -0.05) is 12.1 Å². The fraction of sp³-hybridized carbons (Fsp3) is 0.316. The number of aliphatic imine (C=N–C) groups is 1. The van der Waals surface area contributed by atoms with Gasteiger partial charge in [0.1, 0.15) is 6.10 Å². The van der Waals surface area contributed by atoms with E-state index in [0.717, 1.165) is 0 Å². The molecule has 0 aliphatic carbocycles. The SMILES string of the molecule is CN=C(NCC(=O)Nc1cccnc1)NCC(C)Oc1ccccc1OC.I. The van der Waals surface area contributed by atoms with Crippen molar-refractivity contribution in [2.24, 2.45) is 4.99 Å². The van der Waals surface area contributed by atoms with Crippen molar-refractivity contribution < 1.29 is 14.3 Å². The lowest BCUT2D eigenvalue weighted by atomic mass is 10.3. The Morgan fingerprint density at radius 3 is 2.57 bits per heavy atom. The number of nitrogens with one attached hydrogen (secondary N) is 3. The second kappa shape index (κ2) is 12.8. The van der Waals surface area contributed by atoms with Crippen LogP contribution in [0.1, 0.15) is 6.92 Å². The summed E-state index contributed by atoms with van der Waals surface area (Å²) in [6.45, 7) is 2.51. The molecular formula is C19H26IN5O3. The second-order valence-corrected chi connectivity index (χ2v) is 5.68. The lowest BCUT2D eigenvalue weighted by Gasteiger charge is -2.19. The van der Waals surface area contributed by atoms with Gasteiger partial charge in [0.05, 0.1) is 32.1 Å². The number of guanidine groups is 1. The third-order valence-corrected chi connectivity index (χ3v) is 3.54. The number of carbonyl (C=O) groups excluding carboxylic acids is 1. The van der Waals surface area contributed by atoms with Gasteiger partial charge in [-0.15, -0.1) is 24.0 Å². The van der Waals surface area contributed by atoms with Gasteiger partial charge < -0.3 is 25.4 Å². The number of pyridine rings is 1. The standard InChI is InChI=1S/C19H25N5O3.HI/c1-14(27-17-9-5-4-8-16(17)26-3)11-22-19(20-2)23-13-18(25)24-15-7-6-10-21-12-15;/h4-10,12,14H,11,13H2,1-3H3,(H,24,25)(H2,20,22,23);1H. The maximum atomic E-state index is 12.0. The largest absolute Gasteiger partial charge is 0.493 e. The highest BCUT2D eigenvalue weighted by atomic mass is 127. The Morgan fingerprint density at radius 1 is 1.18 bits per heavy atom. The average molecular weight is 499 g/mol. The molecule has 1 aromatic heterocycles. The first kappa shape index (κ1) is 23.5. The highest BCUT2D eigenvalue weighted by Crippen LogP contribution is 2.26. The number of hydrogen-bond donors (Lipinski definition) is 3. The zero-order chi connectivity index (χ0) is 19.5. The van der Waals surface area contributed by atoms with Crippen LogP contribution in [0, 0.1) is 0 Å². The minimum Gasteiger partial charge on any atom is -0.493 e. The van der Waals surface area contributed by atoms with Crippen LogP contribution < -0.4 is 25.4 Å². The van der Waals surface area contributed by atoms with Crippen LogP contribution in [-0.4, -0.2) is 50.2 Å². The summed E-state index contributed by atoms with van der Waals surface area (Å²) in [5.41, 5.74) is 0.645. The zero-order valence-electron chi connectivity index (χ0n) is 16.1. The first-order valence-corrected chi connectivity index (χ1v) is 8.56. The van der Waals surface area contributed by atoms with Crippen molar-refractivity contribution in [1.82, 2.24) is 15.6 Å². The molecule has 9 heteroatoms. The number of amides is 1. The van der Waals surface area contributed by atoms with Crippen molar-refractivity contribution in [2.75, 3.05) is 32.6 Å². The second-order valence-electron chi connectivity index (χ2n) is 5.68. The van der Waals surface area contributed by atoms with Crippen LogP contribution in [-0.2, 0) is 4.79 Å². The predicted molar refractivity (Wildman–Crippen MR) is 121 cm³/mol. The highest BCUT2D eigenvalue weighted by molar-refractivity contribution is 14.0. The number of carbonyl (C=O) groups is 1. The number of aromatic nitrogens is 1. The third kappa shape index (κ3) is 7.99. The maximum absolute atomic E-state index is 12.0. The van der Waals surface area contributed by atoms with Crippen LogP contribution in [0.4, 0.5) is 5.69 Å². The summed E-state index contributed by atoms with van der Waals surface area (Å²) in [5, 5.41) is 8.83. The Hall–Kier alpha value is -2.56. The van der Waals surface area contributed by atoms with Crippen molar-refractivity contribution in [2.45, 2.75) is 13.0 Å². The molecule has 1 heterocycles. The van der Waals surface area contributed by atoms with Crippen LogP contribution in [0.2, 0.25) is 0 Å². The van der Waals surface area contributed by atoms with E-state index >= 15 is 0 Å². The summed E-state index contributed by atoms with van der Waals surface area (Å²) in [5.74, 6) is 1.67. The first-order chi connectivity index (χ1) is 13.1.